The van der Waals surface area contributed by atoms with E-state index in [0.29, 0.717) is 6.07 Å². The first-order valence-electron chi connectivity index (χ1n) is 5.22. The van der Waals surface area contributed by atoms with E-state index in [1.165, 1.54) is 0 Å². The van der Waals surface area contributed by atoms with Gasteiger partial charge in [-0.15, -0.1) is 0 Å². The molecule has 0 aliphatic heterocycles. The van der Waals surface area contributed by atoms with Crippen molar-refractivity contribution >= 4 is 29.7 Å². The van der Waals surface area contributed by atoms with Crippen LogP contribution in [0.15, 0.2) is 34.1 Å². The number of nitrogens with two attached hydrogens (primary N) is 1. The first-order valence-corrected chi connectivity index (χ1v) is 10.1. The Morgan fingerprint density at radius 3 is 1.81 bits per heavy atom. The van der Waals surface area contributed by atoms with E-state index in [1.807, 2.05) is 0 Å². The molecule has 0 amide bonds. The summed E-state index contributed by atoms with van der Waals surface area (Å²) < 4.78 is 93.4. The highest BCUT2D eigenvalue weighted by Gasteiger charge is 2.33. The smallest absolute Gasteiger partial charge is 0.229 e. The molecule has 7 nitrogen and oxygen atoms in total. The molecule has 2 N–H and O–H groups in total. The Morgan fingerprint density at radius 2 is 1.38 bits per heavy atom. The molecule has 0 bridgehead atoms. The maximum Gasteiger partial charge on any atom is 0.341 e. The maximum atomic E-state index is 12.5. The average molecular weight is 363 g/mol. The quantitative estimate of drug-likeness (QED) is 0.742. The molecule has 0 atom stereocenters. The van der Waals surface area contributed by atoms with Gasteiger partial charge in [0.2, 0.25) is 19.9 Å². The van der Waals surface area contributed by atoms with Gasteiger partial charge >= 0.3 is 5.76 Å². The Balaban J connectivity index is 3.39. The Labute approximate surface area is 120 Å². The van der Waals surface area contributed by atoms with Crippen molar-refractivity contribution in [3.05, 3.63) is 24.3 Å². The van der Waals surface area contributed by atoms with Crippen LogP contribution in [0.2, 0.25) is 0 Å². The number of halogens is 2. The van der Waals surface area contributed by atoms with Crippen LogP contribution in [0.3, 0.4) is 0 Å². The predicted molar refractivity (Wildman–Crippen MR) is 69.7 cm³/mol. The van der Waals surface area contributed by atoms with E-state index in [4.69, 9.17) is 0 Å². The third-order valence-corrected chi connectivity index (χ3v) is 6.73. The molecule has 0 saturated carbocycles. The van der Waals surface area contributed by atoms with Crippen LogP contribution in [0, 0.1) is 0 Å². The SMILES string of the molecule is NS(=O)(=O)CCS(=O)(=O)c1ccccc1S(=O)(=O)C(F)F. The van der Waals surface area contributed by atoms with Gasteiger partial charge in [0.05, 0.1) is 21.3 Å². The van der Waals surface area contributed by atoms with E-state index in [9.17, 15) is 34.0 Å². The van der Waals surface area contributed by atoms with Crippen LogP contribution < -0.4 is 5.14 Å². The molecule has 0 aliphatic carbocycles. The first-order chi connectivity index (χ1) is 9.38. The van der Waals surface area contributed by atoms with Crippen LogP contribution in [0.25, 0.3) is 0 Å². The van der Waals surface area contributed by atoms with Crippen LogP contribution in [-0.2, 0) is 29.7 Å². The molecule has 0 fully saturated rings. The second-order valence-corrected chi connectivity index (χ2v) is 9.64. The number of sulfone groups is 2. The van der Waals surface area contributed by atoms with Crippen LogP contribution in [0.1, 0.15) is 0 Å². The van der Waals surface area contributed by atoms with Crippen molar-refractivity contribution in [1.29, 1.82) is 0 Å². The molecule has 12 heteroatoms. The number of hydrogen-bond acceptors (Lipinski definition) is 6. The number of benzene rings is 1. The van der Waals surface area contributed by atoms with Gasteiger partial charge in [0.25, 0.3) is 0 Å². The lowest BCUT2D eigenvalue weighted by Crippen LogP contribution is -2.24. The fourth-order valence-corrected chi connectivity index (χ4v) is 5.60. The van der Waals surface area contributed by atoms with Crippen LogP contribution in [-0.4, -0.2) is 42.5 Å². The highest BCUT2D eigenvalue weighted by Crippen LogP contribution is 2.26. The van der Waals surface area contributed by atoms with Gasteiger partial charge in [-0.1, -0.05) is 12.1 Å². The molecule has 0 heterocycles. The summed E-state index contributed by atoms with van der Waals surface area (Å²) in [6.07, 6.45) is 0. The van der Waals surface area contributed by atoms with E-state index in [0.717, 1.165) is 18.2 Å². The van der Waals surface area contributed by atoms with Crippen molar-refractivity contribution in [2.24, 2.45) is 5.14 Å². The molecule has 1 aromatic rings. The standard InChI is InChI=1S/C9H11F2NO6S3/c10-9(11)21(17,18)8-4-2-1-3-7(8)19(13,14)5-6-20(12,15)16/h1-4,9H,5-6H2,(H2,12,15,16). The van der Waals surface area contributed by atoms with Crippen molar-refractivity contribution < 1.29 is 34.0 Å². The van der Waals surface area contributed by atoms with Gasteiger partial charge in [-0.2, -0.15) is 8.78 Å². The monoisotopic (exact) mass is 363 g/mol. The topological polar surface area (TPSA) is 128 Å². The second kappa shape index (κ2) is 5.94. The zero-order chi connectivity index (χ0) is 16.5. The summed E-state index contributed by atoms with van der Waals surface area (Å²) >= 11 is 0. The summed E-state index contributed by atoms with van der Waals surface area (Å²) in [5.41, 5.74) is 0. The first kappa shape index (κ1) is 17.9. The van der Waals surface area contributed by atoms with Gasteiger partial charge in [-0.3, -0.25) is 0 Å². The van der Waals surface area contributed by atoms with Gasteiger partial charge in [0, 0.05) is 0 Å². The van der Waals surface area contributed by atoms with Gasteiger partial charge in [0.1, 0.15) is 0 Å². The molecule has 0 spiro atoms. The molecule has 0 radical (unpaired) electrons. The molecule has 0 aromatic heterocycles. The van der Waals surface area contributed by atoms with E-state index in [-0.39, 0.29) is 0 Å². The molecule has 21 heavy (non-hydrogen) atoms. The summed E-state index contributed by atoms with van der Waals surface area (Å²) in [5.74, 6) is -5.77. The summed E-state index contributed by atoms with van der Waals surface area (Å²) in [6.45, 7) is 0. The Kier molecular flexibility index (Phi) is 5.08. The largest absolute Gasteiger partial charge is 0.341 e. The summed E-state index contributed by atoms with van der Waals surface area (Å²) in [5, 5.41) is 4.66. The minimum atomic E-state index is -5.14. The Morgan fingerprint density at radius 1 is 0.905 bits per heavy atom. The minimum Gasteiger partial charge on any atom is -0.229 e. The van der Waals surface area contributed by atoms with E-state index < -0.39 is 56.8 Å². The number of alkyl halides is 2. The predicted octanol–water partition coefficient (Wildman–Crippen LogP) is -0.255. The summed E-state index contributed by atoms with van der Waals surface area (Å²) in [4.78, 5) is -1.96. The lowest BCUT2D eigenvalue weighted by Gasteiger charge is -2.10. The third-order valence-electron chi connectivity index (χ3n) is 2.36. The highest BCUT2D eigenvalue weighted by atomic mass is 32.2. The van der Waals surface area contributed by atoms with Crippen molar-refractivity contribution in [3.8, 4) is 0 Å². The van der Waals surface area contributed by atoms with Crippen molar-refractivity contribution in [2.45, 2.75) is 15.5 Å². The Hall–Kier alpha value is -1.11. The fraction of sp³-hybridized carbons (Fsp3) is 0.333. The van der Waals surface area contributed by atoms with Gasteiger partial charge in [-0.05, 0) is 12.1 Å². The molecule has 0 saturated heterocycles. The van der Waals surface area contributed by atoms with Gasteiger partial charge < -0.3 is 0 Å². The zero-order valence-corrected chi connectivity index (χ0v) is 12.8. The maximum absolute atomic E-state index is 12.5. The third kappa shape index (κ3) is 4.43. The van der Waals surface area contributed by atoms with Crippen molar-refractivity contribution in [3.63, 3.8) is 0 Å². The van der Waals surface area contributed by atoms with E-state index in [1.54, 1.807) is 0 Å². The lowest BCUT2D eigenvalue weighted by atomic mass is 10.4. The average Bonchev–Trinajstić information content (AvgIpc) is 2.35. The van der Waals surface area contributed by atoms with Gasteiger partial charge in [-0.25, -0.2) is 30.4 Å². The van der Waals surface area contributed by atoms with Crippen molar-refractivity contribution in [2.75, 3.05) is 11.5 Å². The molecule has 0 aliphatic rings. The molecule has 1 rings (SSSR count). The molecular formula is C9H11F2NO6S3. The normalized spacial score (nSPS) is 13.5. The van der Waals surface area contributed by atoms with Crippen LogP contribution in [0.5, 0.6) is 0 Å². The van der Waals surface area contributed by atoms with Crippen molar-refractivity contribution in [1.82, 2.24) is 0 Å². The Bertz CT molecular complexity index is 830. The molecule has 120 valence electrons. The molecule has 1 aromatic carbocycles. The lowest BCUT2D eigenvalue weighted by molar-refractivity contribution is 0.234. The number of primary sulfonamides is 1. The fourth-order valence-electron chi connectivity index (χ4n) is 1.37. The number of sulfonamides is 1. The number of rotatable bonds is 6. The minimum absolute atomic E-state index is 0.714. The molecule has 0 unspecified atom stereocenters. The van der Waals surface area contributed by atoms with E-state index in [2.05, 4.69) is 5.14 Å². The molecular weight excluding hydrogens is 352 g/mol. The van der Waals surface area contributed by atoms with Gasteiger partial charge in [0.15, 0.2) is 9.84 Å². The van der Waals surface area contributed by atoms with Crippen LogP contribution >= 0.6 is 0 Å². The summed E-state index contributed by atoms with van der Waals surface area (Å²) in [7, 11) is -13.7. The number of hydrogen-bond donors (Lipinski definition) is 1. The summed E-state index contributed by atoms with van der Waals surface area (Å²) in [6, 6.07) is 3.74. The van der Waals surface area contributed by atoms with E-state index >= 15 is 0 Å². The zero-order valence-electron chi connectivity index (χ0n) is 10.3. The second-order valence-electron chi connectivity index (χ2n) is 3.94. The van der Waals surface area contributed by atoms with Crippen LogP contribution in [0.4, 0.5) is 8.78 Å². The highest BCUT2D eigenvalue weighted by molar-refractivity contribution is 7.95.